The van der Waals surface area contributed by atoms with Gasteiger partial charge in [0.2, 0.25) is 5.91 Å². The van der Waals surface area contributed by atoms with Gasteiger partial charge in [-0.05, 0) is 39.0 Å². The summed E-state index contributed by atoms with van der Waals surface area (Å²) in [6.45, 7) is 5.02. The highest BCUT2D eigenvalue weighted by atomic mass is 127. The first-order valence-corrected chi connectivity index (χ1v) is 11.2. The van der Waals surface area contributed by atoms with Crippen molar-refractivity contribution in [1.82, 2.24) is 16.0 Å². The zero-order valence-electron chi connectivity index (χ0n) is 17.6. The number of carbonyl (C=O) groups excluding carboxylic acids is 1. The van der Waals surface area contributed by atoms with Gasteiger partial charge < -0.3 is 20.7 Å². The standard InChI is InChI=1S/C21H40N4O2.HI/c1-2-22-21(23-15-9-17-27-19-12-7-4-8-13-19)24-16-14-20(26)25-18-10-5-3-6-11-18;/h18-19H,2-17H2,1H3,(H,25,26)(H2,22,23,24);1H. The Morgan fingerprint density at radius 2 is 1.68 bits per heavy atom. The van der Waals surface area contributed by atoms with E-state index in [1.165, 1.54) is 51.4 Å². The quantitative estimate of drug-likeness (QED) is 0.182. The normalized spacial score (nSPS) is 19.0. The molecular formula is C21H41IN4O2. The van der Waals surface area contributed by atoms with Gasteiger partial charge in [0.1, 0.15) is 0 Å². The monoisotopic (exact) mass is 508 g/mol. The van der Waals surface area contributed by atoms with E-state index < -0.39 is 0 Å². The van der Waals surface area contributed by atoms with E-state index in [2.05, 4.69) is 27.9 Å². The second kappa shape index (κ2) is 16.3. The van der Waals surface area contributed by atoms with Gasteiger partial charge in [-0.1, -0.05) is 38.5 Å². The molecule has 28 heavy (non-hydrogen) atoms. The molecule has 0 aromatic carbocycles. The molecule has 1 amide bonds. The van der Waals surface area contributed by atoms with Crippen LogP contribution in [0.25, 0.3) is 0 Å². The topological polar surface area (TPSA) is 74.8 Å². The van der Waals surface area contributed by atoms with Crippen molar-refractivity contribution < 1.29 is 9.53 Å². The van der Waals surface area contributed by atoms with Crippen LogP contribution in [0.3, 0.4) is 0 Å². The number of amides is 1. The lowest BCUT2D eigenvalue weighted by Gasteiger charge is -2.22. The molecule has 164 valence electrons. The van der Waals surface area contributed by atoms with Crippen LogP contribution in [-0.2, 0) is 9.53 Å². The first-order valence-electron chi connectivity index (χ1n) is 11.2. The van der Waals surface area contributed by atoms with Crippen LogP contribution >= 0.6 is 24.0 Å². The molecule has 0 saturated heterocycles. The van der Waals surface area contributed by atoms with Gasteiger partial charge in [0.25, 0.3) is 0 Å². The Labute approximate surface area is 188 Å². The molecule has 7 heteroatoms. The minimum absolute atomic E-state index is 0. The van der Waals surface area contributed by atoms with Crippen LogP contribution in [0.2, 0.25) is 0 Å². The smallest absolute Gasteiger partial charge is 0.221 e. The van der Waals surface area contributed by atoms with Crippen molar-refractivity contribution >= 4 is 35.8 Å². The summed E-state index contributed by atoms with van der Waals surface area (Å²) < 4.78 is 5.95. The fourth-order valence-corrected chi connectivity index (χ4v) is 3.92. The predicted octanol–water partition coefficient (Wildman–Crippen LogP) is 3.74. The highest BCUT2D eigenvalue weighted by Crippen LogP contribution is 2.20. The molecule has 6 nitrogen and oxygen atoms in total. The Hall–Kier alpha value is -0.570. The van der Waals surface area contributed by atoms with Crippen molar-refractivity contribution in [2.45, 2.75) is 96.1 Å². The SMILES string of the molecule is CCNC(=NCCCOC1CCCCC1)NCCC(=O)NC1CCCCC1.I. The van der Waals surface area contributed by atoms with Crippen molar-refractivity contribution in [2.24, 2.45) is 4.99 Å². The van der Waals surface area contributed by atoms with Crippen LogP contribution in [0.4, 0.5) is 0 Å². The van der Waals surface area contributed by atoms with E-state index in [1.54, 1.807) is 0 Å². The lowest BCUT2D eigenvalue weighted by Crippen LogP contribution is -2.41. The van der Waals surface area contributed by atoms with Gasteiger partial charge in [-0.25, -0.2) is 0 Å². The highest BCUT2D eigenvalue weighted by Gasteiger charge is 2.15. The third kappa shape index (κ3) is 11.4. The highest BCUT2D eigenvalue weighted by molar-refractivity contribution is 14.0. The Morgan fingerprint density at radius 3 is 2.36 bits per heavy atom. The fourth-order valence-electron chi connectivity index (χ4n) is 3.92. The molecule has 0 aromatic rings. The van der Waals surface area contributed by atoms with Crippen LogP contribution < -0.4 is 16.0 Å². The molecule has 2 saturated carbocycles. The largest absolute Gasteiger partial charge is 0.378 e. The number of halogens is 1. The Balaban J connectivity index is 0.00000392. The molecule has 0 aromatic heterocycles. The van der Waals surface area contributed by atoms with E-state index >= 15 is 0 Å². The van der Waals surface area contributed by atoms with Crippen LogP contribution in [0.15, 0.2) is 4.99 Å². The molecule has 0 heterocycles. The molecule has 0 spiro atoms. The Kier molecular flexibility index (Phi) is 14.8. The average Bonchev–Trinajstić information content (AvgIpc) is 2.69. The van der Waals surface area contributed by atoms with Crippen LogP contribution in [0.1, 0.15) is 84.0 Å². The van der Waals surface area contributed by atoms with Crippen molar-refractivity contribution in [2.75, 3.05) is 26.2 Å². The van der Waals surface area contributed by atoms with E-state index in [-0.39, 0.29) is 29.9 Å². The summed E-state index contributed by atoms with van der Waals surface area (Å²) in [4.78, 5) is 16.7. The van der Waals surface area contributed by atoms with Gasteiger partial charge in [-0.2, -0.15) is 0 Å². The zero-order chi connectivity index (χ0) is 19.2. The average molecular weight is 508 g/mol. The molecule has 2 aliphatic rings. The molecule has 3 N–H and O–H groups in total. The molecule has 2 fully saturated rings. The summed E-state index contributed by atoms with van der Waals surface area (Å²) in [5.41, 5.74) is 0. The second-order valence-electron chi connectivity index (χ2n) is 7.82. The number of nitrogens with one attached hydrogen (secondary N) is 3. The molecule has 0 radical (unpaired) electrons. The molecule has 0 bridgehead atoms. The lowest BCUT2D eigenvalue weighted by atomic mass is 9.95. The van der Waals surface area contributed by atoms with Crippen LogP contribution in [0, 0.1) is 0 Å². The minimum Gasteiger partial charge on any atom is -0.378 e. The fraction of sp³-hybridized carbons (Fsp3) is 0.905. The van der Waals surface area contributed by atoms with Gasteiger partial charge >= 0.3 is 0 Å². The number of hydrogen-bond donors (Lipinski definition) is 3. The van der Waals surface area contributed by atoms with Crippen molar-refractivity contribution in [3.8, 4) is 0 Å². The molecule has 0 atom stereocenters. The number of carbonyl (C=O) groups is 1. The van der Waals surface area contributed by atoms with Crippen LogP contribution in [-0.4, -0.2) is 50.3 Å². The maximum Gasteiger partial charge on any atom is 0.221 e. The summed E-state index contributed by atoms with van der Waals surface area (Å²) in [7, 11) is 0. The number of guanidine groups is 1. The first kappa shape index (κ1) is 25.5. The molecular weight excluding hydrogens is 467 g/mol. The van der Waals surface area contributed by atoms with Gasteiger partial charge in [-0.15, -0.1) is 24.0 Å². The van der Waals surface area contributed by atoms with E-state index in [0.717, 1.165) is 44.9 Å². The van der Waals surface area contributed by atoms with E-state index in [4.69, 9.17) is 4.74 Å². The van der Waals surface area contributed by atoms with Crippen molar-refractivity contribution in [1.29, 1.82) is 0 Å². The van der Waals surface area contributed by atoms with Crippen molar-refractivity contribution in [3.05, 3.63) is 0 Å². The number of nitrogens with zero attached hydrogens (tertiary/aromatic N) is 1. The summed E-state index contributed by atoms with van der Waals surface area (Å²) in [5.74, 6) is 0.937. The summed E-state index contributed by atoms with van der Waals surface area (Å²) in [6.07, 6.45) is 14.4. The molecule has 0 aliphatic heterocycles. The molecule has 2 rings (SSSR count). The van der Waals surface area contributed by atoms with Crippen LogP contribution in [0.5, 0.6) is 0 Å². The van der Waals surface area contributed by atoms with Crippen molar-refractivity contribution in [3.63, 3.8) is 0 Å². The molecule has 0 unspecified atom stereocenters. The third-order valence-corrected chi connectivity index (χ3v) is 5.44. The van der Waals surface area contributed by atoms with Gasteiger partial charge in [0, 0.05) is 38.7 Å². The summed E-state index contributed by atoms with van der Waals surface area (Å²) >= 11 is 0. The lowest BCUT2D eigenvalue weighted by molar-refractivity contribution is -0.121. The Morgan fingerprint density at radius 1 is 1.00 bits per heavy atom. The van der Waals surface area contributed by atoms with E-state index in [0.29, 0.717) is 25.1 Å². The maximum absolute atomic E-state index is 12.1. The molecule has 2 aliphatic carbocycles. The first-order chi connectivity index (χ1) is 13.3. The number of hydrogen-bond acceptors (Lipinski definition) is 3. The number of ether oxygens (including phenoxy) is 1. The van der Waals surface area contributed by atoms with Gasteiger partial charge in [0.05, 0.1) is 6.10 Å². The second-order valence-corrected chi connectivity index (χ2v) is 7.82. The number of aliphatic imine (C=N–C) groups is 1. The Bertz CT molecular complexity index is 436. The number of rotatable bonds is 10. The summed E-state index contributed by atoms with van der Waals surface area (Å²) in [6, 6.07) is 0.386. The predicted molar refractivity (Wildman–Crippen MR) is 126 cm³/mol. The minimum atomic E-state index is 0. The summed E-state index contributed by atoms with van der Waals surface area (Å²) in [5, 5.41) is 9.67. The zero-order valence-corrected chi connectivity index (χ0v) is 20.0. The van der Waals surface area contributed by atoms with Gasteiger partial charge in [-0.3, -0.25) is 9.79 Å². The maximum atomic E-state index is 12.1. The van der Waals surface area contributed by atoms with E-state index in [1.807, 2.05) is 0 Å². The van der Waals surface area contributed by atoms with E-state index in [9.17, 15) is 4.79 Å². The van der Waals surface area contributed by atoms with Gasteiger partial charge in [0.15, 0.2) is 5.96 Å². The third-order valence-electron chi connectivity index (χ3n) is 5.44.